The molecule has 7 heteroatoms. The molecule has 0 aliphatic heterocycles. The van der Waals surface area contributed by atoms with Crippen LogP contribution < -0.4 is 5.32 Å². The van der Waals surface area contributed by atoms with Gasteiger partial charge in [0.2, 0.25) is 5.78 Å². The van der Waals surface area contributed by atoms with Gasteiger partial charge in [0.1, 0.15) is 15.9 Å². The van der Waals surface area contributed by atoms with Crippen molar-refractivity contribution in [1.82, 2.24) is 19.3 Å². The average Bonchev–Trinajstić information content (AvgIpc) is 2.87. The van der Waals surface area contributed by atoms with E-state index in [2.05, 4.69) is 26.2 Å². The molecule has 0 aliphatic carbocycles. The fourth-order valence-corrected chi connectivity index (χ4v) is 3.23. The zero-order valence-corrected chi connectivity index (χ0v) is 12.6. The highest BCUT2D eigenvalue weighted by atomic mass is 79.9. The Morgan fingerprint density at radius 2 is 2.10 bits per heavy atom. The van der Waals surface area contributed by atoms with Crippen molar-refractivity contribution >= 4 is 32.7 Å². The minimum absolute atomic E-state index is 0.179. The number of hydrogen-bond acceptors (Lipinski definition) is 2. The molecule has 0 unspecified atom stereocenters. The molecule has 0 radical (unpaired) electrons. The van der Waals surface area contributed by atoms with E-state index in [0.29, 0.717) is 11.3 Å². The molecule has 0 amide bonds. The van der Waals surface area contributed by atoms with Crippen molar-refractivity contribution in [2.24, 2.45) is 7.05 Å². The molecule has 0 saturated heterocycles. The third-order valence-electron chi connectivity index (χ3n) is 3.41. The first-order valence-electron chi connectivity index (χ1n) is 6.19. The van der Waals surface area contributed by atoms with Crippen LogP contribution in [-0.4, -0.2) is 27.5 Å². The lowest BCUT2D eigenvalue weighted by Gasteiger charge is -2.03. The number of likely N-dealkylation sites (N-methyl/N-ethyl adjacent to an activating group) is 1. The molecule has 2 heterocycles. The first kappa shape index (κ1) is 13.5. The first-order chi connectivity index (χ1) is 9.54. The summed E-state index contributed by atoms with van der Waals surface area (Å²) in [6.45, 7) is 0.806. The van der Waals surface area contributed by atoms with Gasteiger partial charge in [-0.3, -0.25) is 4.40 Å². The Morgan fingerprint density at radius 3 is 2.80 bits per heavy atom. The fraction of sp³-hybridized carbons (Fsp3) is 0.308. The Hall–Kier alpha value is -1.47. The molecule has 2 aromatic heterocycles. The fourth-order valence-electron chi connectivity index (χ4n) is 2.41. The van der Waals surface area contributed by atoms with Crippen LogP contribution >= 0.6 is 15.9 Å². The number of nitrogens with zero attached hydrogens (tertiary/aromatic N) is 3. The maximum atomic E-state index is 13.8. The molecule has 106 valence electrons. The van der Waals surface area contributed by atoms with Gasteiger partial charge in [0.25, 0.3) is 0 Å². The highest BCUT2D eigenvalue weighted by Gasteiger charge is 2.19. The van der Waals surface area contributed by atoms with Crippen LogP contribution in [0, 0.1) is 11.6 Å². The summed E-state index contributed by atoms with van der Waals surface area (Å²) in [5.74, 6) is -0.667. The summed E-state index contributed by atoms with van der Waals surface area (Å²) in [5.41, 5.74) is 1.63. The molecule has 0 saturated carbocycles. The predicted molar refractivity (Wildman–Crippen MR) is 76.9 cm³/mol. The molecule has 1 aromatic carbocycles. The Bertz CT molecular complexity index is 806. The van der Waals surface area contributed by atoms with Crippen LogP contribution in [0.5, 0.6) is 0 Å². The van der Waals surface area contributed by atoms with Crippen LogP contribution in [0.25, 0.3) is 16.8 Å². The minimum atomic E-state index is -0.646. The molecular weight excluding hydrogens is 330 g/mol. The Balaban J connectivity index is 2.34. The normalized spacial score (nSPS) is 11.8. The van der Waals surface area contributed by atoms with E-state index in [1.165, 1.54) is 6.07 Å². The maximum absolute atomic E-state index is 13.8. The van der Waals surface area contributed by atoms with E-state index in [0.717, 1.165) is 29.3 Å². The minimum Gasteiger partial charge on any atom is -0.319 e. The van der Waals surface area contributed by atoms with E-state index in [1.54, 1.807) is 4.40 Å². The van der Waals surface area contributed by atoms with Crippen LogP contribution in [0.15, 0.2) is 16.7 Å². The van der Waals surface area contributed by atoms with E-state index in [4.69, 9.17) is 0 Å². The van der Waals surface area contributed by atoms with Crippen LogP contribution in [-0.2, 0) is 13.5 Å². The monoisotopic (exact) mass is 342 g/mol. The number of benzene rings is 1. The SMILES string of the molecule is CNCCc1c(Br)n2c3cc(F)cc(F)c3nc2n1C. The van der Waals surface area contributed by atoms with E-state index in [9.17, 15) is 8.78 Å². The number of fused-ring (bicyclic) bond motifs is 3. The molecule has 4 nitrogen and oxygen atoms in total. The molecule has 0 aliphatic rings. The van der Waals surface area contributed by atoms with Crippen LogP contribution in [0.4, 0.5) is 8.78 Å². The van der Waals surface area contributed by atoms with Crippen molar-refractivity contribution in [1.29, 1.82) is 0 Å². The second kappa shape index (κ2) is 4.82. The van der Waals surface area contributed by atoms with Gasteiger partial charge < -0.3 is 9.88 Å². The zero-order valence-electron chi connectivity index (χ0n) is 11.0. The lowest BCUT2D eigenvalue weighted by Crippen LogP contribution is -2.12. The standard InChI is InChI=1S/C13H13BrF2N4/c1-17-4-3-9-12(14)20-10-6-7(15)5-8(16)11(10)18-13(20)19(9)2/h5-6,17H,3-4H2,1-2H3. The Labute approximate surface area is 122 Å². The summed E-state index contributed by atoms with van der Waals surface area (Å²) in [4.78, 5) is 4.28. The molecule has 3 aromatic rings. The molecule has 3 rings (SSSR count). The molecule has 0 fully saturated rings. The van der Waals surface area contributed by atoms with Gasteiger partial charge in [-0.2, -0.15) is 0 Å². The summed E-state index contributed by atoms with van der Waals surface area (Å²) in [6.07, 6.45) is 0.788. The highest BCUT2D eigenvalue weighted by Crippen LogP contribution is 2.29. The lowest BCUT2D eigenvalue weighted by molar-refractivity contribution is 0.590. The molecular formula is C13H13BrF2N4. The molecule has 0 bridgehead atoms. The summed E-state index contributed by atoms with van der Waals surface area (Å²) in [5, 5.41) is 3.08. The number of hydrogen-bond donors (Lipinski definition) is 1. The smallest absolute Gasteiger partial charge is 0.215 e. The van der Waals surface area contributed by atoms with E-state index in [1.807, 2.05) is 18.7 Å². The number of rotatable bonds is 3. The van der Waals surface area contributed by atoms with Crippen molar-refractivity contribution in [2.45, 2.75) is 6.42 Å². The third-order valence-corrected chi connectivity index (χ3v) is 4.22. The average molecular weight is 343 g/mol. The van der Waals surface area contributed by atoms with Crippen molar-refractivity contribution in [3.8, 4) is 0 Å². The highest BCUT2D eigenvalue weighted by molar-refractivity contribution is 9.10. The van der Waals surface area contributed by atoms with Gasteiger partial charge in [-0.25, -0.2) is 13.8 Å². The van der Waals surface area contributed by atoms with Crippen molar-refractivity contribution < 1.29 is 8.78 Å². The van der Waals surface area contributed by atoms with Crippen LogP contribution in [0.2, 0.25) is 0 Å². The second-order valence-corrected chi connectivity index (χ2v) is 5.40. The number of aryl methyl sites for hydroxylation is 1. The van der Waals surface area contributed by atoms with Crippen molar-refractivity contribution in [3.05, 3.63) is 34.1 Å². The molecule has 0 spiro atoms. The number of aromatic nitrogens is 3. The maximum Gasteiger partial charge on any atom is 0.215 e. The van der Waals surface area contributed by atoms with Gasteiger partial charge in [-0.1, -0.05) is 0 Å². The van der Waals surface area contributed by atoms with Crippen molar-refractivity contribution in [2.75, 3.05) is 13.6 Å². The van der Waals surface area contributed by atoms with E-state index in [-0.39, 0.29) is 5.52 Å². The number of imidazole rings is 2. The van der Waals surface area contributed by atoms with E-state index >= 15 is 0 Å². The van der Waals surface area contributed by atoms with E-state index < -0.39 is 11.6 Å². The third kappa shape index (κ3) is 1.84. The molecule has 20 heavy (non-hydrogen) atoms. The van der Waals surface area contributed by atoms with Crippen LogP contribution in [0.1, 0.15) is 5.69 Å². The predicted octanol–water partition coefficient (Wildman–Crippen LogP) is 2.63. The summed E-state index contributed by atoms with van der Waals surface area (Å²) < 4.78 is 31.6. The zero-order chi connectivity index (χ0) is 14.4. The molecule has 1 N–H and O–H groups in total. The summed E-state index contributed by atoms with van der Waals surface area (Å²) in [7, 11) is 3.74. The van der Waals surface area contributed by atoms with Gasteiger partial charge in [0, 0.05) is 32.1 Å². The summed E-state index contributed by atoms with van der Waals surface area (Å²) in [6, 6.07) is 2.15. The van der Waals surface area contributed by atoms with Gasteiger partial charge in [-0.05, 0) is 23.0 Å². The van der Waals surface area contributed by atoms with Gasteiger partial charge in [0.05, 0.1) is 11.2 Å². The van der Waals surface area contributed by atoms with Gasteiger partial charge in [0.15, 0.2) is 5.82 Å². The Kier molecular flexibility index (Phi) is 3.25. The number of halogens is 3. The quantitative estimate of drug-likeness (QED) is 0.793. The second-order valence-electron chi connectivity index (χ2n) is 4.65. The lowest BCUT2D eigenvalue weighted by atomic mass is 10.3. The van der Waals surface area contributed by atoms with Gasteiger partial charge >= 0.3 is 0 Å². The largest absolute Gasteiger partial charge is 0.319 e. The van der Waals surface area contributed by atoms with Gasteiger partial charge in [-0.15, -0.1) is 0 Å². The summed E-state index contributed by atoms with van der Waals surface area (Å²) >= 11 is 3.51. The number of nitrogens with one attached hydrogen (secondary N) is 1. The van der Waals surface area contributed by atoms with Crippen LogP contribution in [0.3, 0.4) is 0 Å². The van der Waals surface area contributed by atoms with Crippen molar-refractivity contribution in [3.63, 3.8) is 0 Å². The Morgan fingerprint density at radius 1 is 1.35 bits per heavy atom. The molecule has 0 atom stereocenters. The topological polar surface area (TPSA) is 34.3 Å². The first-order valence-corrected chi connectivity index (χ1v) is 6.98.